The number of nitro benzene ring substituents is 1. The number of carbonyl (C=O) groups is 1. The normalized spacial score (nSPS) is 15.4. The first-order valence-corrected chi connectivity index (χ1v) is 13.1. The van der Waals surface area contributed by atoms with E-state index in [1.165, 1.54) is 16.4 Å². The standard InChI is InChI=1S/C25H29N3O6S/c1-4-22-21(20-7-5-6-8-23(20)34-22)16-26(3)25(29)18-11-13-27(14-12-18)35(32,33)24-15-19(28(30)31)10-9-17(24)2/h5-10,15,18H,4,11-14,16H2,1-3H3. The summed E-state index contributed by atoms with van der Waals surface area (Å²) in [5.41, 5.74) is 1.99. The van der Waals surface area contributed by atoms with Gasteiger partial charge >= 0.3 is 0 Å². The fraction of sp³-hybridized carbons (Fsp3) is 0.400. The zero-order chi connectivity index (χ0) is 25.3. The van der Waals surface area contributed by atoms with Gasteiger partial charge in [0.2, 0.25) is 15.9 Å². The summed E-state index contributed by atoms with van der Waals surface area (Å²) in [5, 5.41) is 12.1. The van der Waals surface area contributed by atoms with Gasteiger partial charge in [-0.1, -0.05) is 31.2 Å². The van der Waals surface area contributed by atoms with Gasteiger partial charge in [0.15, 0.2) is 0 Å². The summed E-state index contributed by atoms with van der Waals surface area (Å²) in [6.07, 6.45) is 1.51. The Balaban J connectivity index is 1.45. The molecule has 0 bridgehead atoms. The van der Waals surface area contributed by atoms with Crippen LogP contribution >= 0.6 is 0 Å². The van der Waals surface area contributed by atoms with Crippen molar-refractivity contribution >= 4 is 32.6 Å². The molecule has 2 heterocycles. The van der Waals surface area contributed by atoms with E-state index in [1.54, 1.807) is 18.9 Å². The maximum Gasteiger partial charge on any atom is 0.270 e. The van der Waals surface area contributed by atoms with Crippen molar-refractivity contribution in [3.05, 3.63) is 69.5 Å². The van der Waals surface area contributed by atoms with Gasteiger partial charge in [0, 0.05) is 62.1 Å². The summed E-state index contributed by atoms with van der Waals surface area (Å²) in [6.45, 7) is 4.42. The number of benzene rings is 2. The second-order valence-corrected chi connectivity index (χ2v) is 10.8. The molecule has 2 aromatic carbocycles. The first-order chi connectivity index (χ1) is 16.6. The van der Waals surface area contributed by atoms with E-state index in [2.05, 4.69) is 0 Å². The van der Waals surface area contributed by atoms with Gasteiger partial charge in [0.05, 0.1) is 9.82 Å². The summed E-state index contributed by atoms with van der Waals surface area (Å²) < 4.78 is 33.7. The predicted molar refractivity (Wildman–Crippen MR) is 131 cm³/mol. The fourth-order valence-corrected chi connectivity index (χ4v) is 6.41. The first kappa shape index (κ1) is 24.9. The summed E-state index contributed by atoms with van der Waals surface area (Å²) in [4.78, 5) is 25.4. The van der Waals surface area contributed by atoms with Crippen molar-refractivity contribution in [1.29, 1.82) is 0 Å². The number of sulfonamides is 1. The van der Waals surface area contributed by atoms with E-state index in [4.69, 9.17) is 4.42 Å². The second-order valence-electron chi connectivity index (χ2n) is 8.93. The van der Waals surface area contributed by atoms with Crippen LogP contribution in [0.2, 0.25) is 0 Å². The number of rotatable bonds is 7. The van der Waals surface area contributed by atoms with Crippen LogP contribution in [0.4, 0.5) is 5.69 Å². The fourth-order valence-electron chi connectivity index (χ4n) is 4.70. The third-order valence-electron chi connectivity index (χ3n) is 6.68. The summed E-state index contributed by atoms with van der Waals surface area (Å²) >= 11 is 0. The number of aryl methyl sites for hydroxylation is 2. The monoisotopic (exact) mass is 499 g/mol. The van der Waals surface area contributed by atoms with Crippen LogP contribution in [0.25, 0.3) is 11.0 Å². The van der Waals surface area contributed by atoms with Crippen molar-refractivity contribution in [2.75, 3.05) is 20.1 Å². The van der Waals surface area contributed by atoms with Gasteiger partial charge in [0.25, 0.3) is 5.69 Å². The number of hydrogen-bond acceptors (Lipinski definition) is 6. The highest BCUT2D eigenvalue weighted by Gasteiger charge is 2.34. The molecule has 0 atom stereocenters. The van der Waals surface area contributed by atoms with E-state index in [9.17, 15) is 23.3 Å². The number of fused-ring (bicyclic) bond motifs is 1. The maximum absolute atomic E-state index is 13.2. The predicted octanol–water partition coefficient (Wildman–Crippen LogP) is 4.27. The lowest BCUT2D eigenvalue weighted by molar-refractivity contribution is -0.385. The molecule has 1 fully saturated rings. The Labute approximate surface area is 204 Å². The van der Waals surface area contributed by atoms with Crippen molar-refractivity contribution < 1.29 is 22.6 Å². The number of piperidine rings is 1. The van der Waals surface area contributed by atoms with Gasteiger partial charge in [-0.15, -0.1) is 0 Å². The van der Waals surface area contributed by atoms with E-state index < -0.39 is 14.9 Å². The van der Waals surface area contributed by atoms with E-state index in [0.29, 0.717) is 24.9 Å². The molecule has 0 spiro atoms. The van der Waals surface area contributed by atoms with E-state index in [-0.39, 0.29) is 35.5 Å². The van der Waals surface area contributed by atoms with Crippen molar-refractivity contribution in [2.24, 2.45) is 5.92 Å². The van der Waals surface area contributed by atoms with Gasteiger partial charge in [-0.3, -0.25) is 14.9 Å². The average Bonchev–Trinajstić information content (AvgIpc) is 3.21. The van der Waals surface area contributed by atoms with E-state index >= 15 is 0 Å². The van der Waals surface area contributed by atoms with E-state index in [0.717, 1.165) is 34.8 Å². The lowest BCUT2D eigenvalue weighted by Crippen LogP contribution is -2.43. The molecule has 35 heavy (non-hydrogen) atoms. The SMILES string of the molecule is CCc1oc2ccccc2c1CN(C)C(=O)C1CCN(S(=O)(=O)c2cc([N+](=O)[O-])ccc2C)CC1. The molecule has 1 aromatic heterocycles. The minimum absolute atomic E-state index is 0.0269. The molecule has 0 aliphatic carbocycles. The van der Waals surface area contributed by atoms with Crippen LogP contribution in [0.15, 0.2) is 51.8 Å². The Kier molecular flexibility index (Phi) is 6.95. The van der Waals surface area contributed by atoms with Crippen molar-refractivity contribution in [1.82, 2.24) is 9.21 Å². The number of non-ortho nitro benzene ring substituents is 1. The molecule has 10 heteroatoms. The molecule has 4 rings (SSSR count). The Morgan fingerprint density at radius 2 is 1.89 bits per heavy atom. The molecule has 0 radical (unpaired) electrons. The largest absolute Gasteiger partial charge is 0.461 e. The smallest absolute Gasteiger partial charge is 0.270 e. The first-order valence-electron chi connectivity index (χ1n) is 11.6. The van der Waals surface area contributed by atoms with E-state index in [1.807, 2.05) is 31.2 Å². The number of para-hydroxylation sites is 1. The van der Waals surface area contributed by atoms with Crippen LogP contribution in [-0.2, 0) is 27.8 Å². The van der Waals surface area contributed by atoms with Crippen molar-refractivity contribution in [2.45, 2.75) is 44.6 Å². The van der Waals surface area contributed by atoms with Crippen molar-refractivity contribution in [3.8, 4) is 0 Å². The number of furan rings is 1. The number of nitro groups is 1. The number of carbonyl (C=O) groups excluding carboxylic acids is 1. The molecule has 1 saturated heterocycles. The molecule has 1 aliphatic rings. The highest BCUT2D eigenvalue weighted by Crippen LogP contribution is 2.31. The lowest BCUT2D eigenvalue weighted by Gasteiger charge is -2.32. The molecular weight excluding hydrogens is 470 g/mol. The van der Waals surface area contributed by atoms with Crippen LogP contribution < -0.4 is 0 Å². The van der Waals surface area contributed by atoms with Gasteiger partial charge in [-0.25, -0.2) is 8.42 Å². The molecule has 3 aromatic rings. The number of amides is 1. The van der Waals surface area contributed by atoms with Gasteiger partial charge in [-0.05, 0) is 31.4 Å². The zero-order valence-corrected chi connectivity index (χ0v) is 20.9. The third kappa shape index (κ3) is 4.81. The van der Waals surface area contributed by atoms with Gasteiger partial charge in [-0.2, -0.15) is 4.31 Å². The molecule has 1 aliphatic heterocycles. The topological polar surface area (TPSA) is 114 Å². The Morgan fingerprint density at radius 3 is 2.54 bits per heavy atom. The second kappa shape index (κ2) is 9.79. The number of nitrogens with zero attached hydrogens (tertiary/aromatic N) is 3. The van der Waals surface area contributed by atoms with Crippen LogP contribution in [0.1, 0.15) is 36.7 Å². The Morgan fingerprint density at radius 1 is 1.20 bits per heavy atom. The zero-order valence-electron chi connectivity index (χ0n) is 20.1. The Hall–Kier alpha value is -3.24. The van der Waals surface area contributed by atoms with Gasteiger partial charge in [0.1, 0.15) is 11.3 Å². The van der Waals surface area contributed by atoms with Crippen LogP contribution in [-0.4, -0.2) is 48.6 Å². The highest BCUT2D eigenvalue weighted by atomic mass is 32.2. The molecule has 0 N–H and O–H groups in total. The minimum Gasteiger partial charge on any atom is -0.461 e. The molecule has 186 valence electrons. The quantitative estimate of drug-likeness (QED) is 0.354. The minimum atomic E-state index is -3.90. The summed E-state index contributed by atoms with van der Waals surface area (Å²) in [7, 11) is -2.14. The molecule has 9 nitrogen and oxygen atoms in total. The van der Waals surface area contributed by atoms with Crippen molar-refractivity contribution in [3.63, 3.8) is 0 Å². The molecule has 0 unspecified atom stereocenters. The highest BCUT2D eigenvalue weighted by molar-refractivity contribution is 7.89. The number of hydrogen-bond donors (Lipinski definition) is 0. The summed E-state index contributed by atoms with van der Waals surface area (Å²) in [5.74, 6) is 0.542. The third-order valence-corrected chi connectivity index (χ3v) is 8.72. The molecule has 0 saturated carbocycles. The van der Waals surface area contributed by atoms with Gasteiger partial charge < -0.3 is 9.32 Å². The van der Waals surface area contributed by atoms with Crippen LogP contribution in [0.3, 0.4) is 0 Å². The molecular formula is C25H29N3O6S. The lowest BCUT2D eigenvalue weighted by atomic mass is 9.96. The van der Waals surface area contributed by atoms with Crippen LogP contribution in [0, 0.1) is 23.0 Å². The Bertz CT molecular complexity index is 1370. The average molecular weight is 500 g/mol. The maximum atomic E-state index is 13.2. The van der Waals surface area contributed by atoms with Crippen LogP contribution in [0.5, 0.6) is 0 Å². The summed E-state index contributed by atoms with van der Waals surface area (Å²) in [6, 6.07) is 11.6. The molecule has 1 amide bonds.